The van der Waals surface area contributed by atoms with Gasteiger partial charge in [-0.05, 0) is 49.9 Å². The normalized spacial score (nSPS) is 20.5. The Morgan fingerprint density at radius 1 is 1.31 bits per heavy atom. The van der Waals surface area contributed by atoms with Gasteiger partial charge in [0.25, 0.3) is 5.91 Å². The molecule has 3 aromatic rings. The maximum atomic E-state index is 12.9. The van der Waals surface area contributed by atoms with Gasteiger partial charge in [0.15, 0.2) is 0 Å². The Bertz CT molecular complexity index is 916. The molecule has 0 aliphatic heterocycles. The molecule has 26 heavy (non-hydrogen) atoms. The van der Waals surface area contributed by atoms with E-state index in [4.69, 9.17) is 0 Å². The number of benzene rings is 1. The van der Waals surface area contributed by atoms with Gasteiger partial charge in [-0.25, -0.2) is 4.98 Å². The highest BCUT2D eigenvalue weighted by molar-refractivity contribution is 6.05. The average Bonchev–Trinajstić information content (AvgIpc) is 2.99. The third kappa shape index (κ3) is 3.32. The molecule has 2 heterocycles. The number of pyridine rings is 1. The topological polar surface area (TPSA) is 90.9 Å². The largest absolute Gasteiger partial charge is 0.393 e. The summed E-state index contributed by atoms with van der Waals surface area (Å²) in [6, 6.07) is 11.3. The van der Waals surface area contributed by atoms with E-state index in [1.165, 1.54) is 0 Å². The second kappa shape index (κ2) is 6.88. The Labute approximate surface area is 151 Å². The van der Waals surface area contributed by atoms with Gasteiger partial charge in [0.1, 0.15) is 11.3 Å². The summed E-state index contributed by atoms with van der Waals surface area (Å²) >= 11 is 0. The lowest BCUT2D eigenvalue weighted by Gasteiger charge is -2.38. The number of aryl methyl sites for hydroxylation is 1. The van der Waals surface area contributed by atoms with Crippen LogP contribution in [0, 0.1) is 12.8 Å². The fraction of sp³-hybridized carbons (Fsp3) is 0.350. The molecule has 0 radical (unpaired) electrons. The van der Waals surface area contributed by atoms with Crippen molar-refractivity contribution in [3.63, 3.8) is 0 Å². The fourth-order valence-electron chi connectivity index (χ4n) is 3.62. The maximum Gasteiger partial charge on any atom is 0.253 e. The fourth-order valence-corrected chi connectivity index (χ4v) is 3.62. The van der Waals surface area contributed by atoms with Crippen molar-refractivity contribution in [2.75, 3.05) is 0 Å². The molecule has 0 saturated heterocycles. The van der Waals surface area contributed by atoms with Gasteiger partial charge in [-0.3, -0.25) is 9.78 Å². The lowest BCUT2D eigenvalue weighted by atomic mass is 9.76. The van der Waals surface area contributed by atoms with Gasteiger partial charge < -0.3 is 15.4 Å². The molecule has 1 aliphatic rings. The minimum atomic E-state index is -0.263. The number of H-pyrrole nitrogens is 1. The number of aromatic amines is 1. The molecule has 0 spiro atoms. The number of rotatable bonds is 5. The Hall–Kier alpha value is -2.73. The van der Waals surface area contributed by atoms with E-state index in [2.05, 4.69) is 20.3 Å². The minimum Gasteiger partial charge on any atom is -0.393 e. The van der Waals surface area contributed by atoms with Crippen LogP contribution in [0.2, 0.25) is 0 Å². The van der Waals surface area contributed by atoms with Crippen LogP contribution in [0.5, 0.6) is 0 Å². The van der Waals surface area contributed by atoms with Crippen molar-refractivity contribution in [2.45, 2.75) is 38.3 Å². The number of imidazole rings is 1. The first-order valence-corrected chi connectivity index (χ1v) is 8.94. The number of amides is 1. The summed E-state index contributed by atoms with van der Waals surface area (Å²) in [6.07, 6.45) is 3.57. The molecule has 4 rings (SSSR count). The van der Waals surface area contributed by atoms with Crippen molar-refractivity contribution in [1.29, 1.82) is 0 Å². The van der Waals surface area contributed by atoms with Crippen LogP contribution in [0.1, 0.15) is 34.7 Å². The van der Waals surface area contributed by atoms with E-state index in [-0.39, 0.29) is 24.0 Å². The molecule has 1 aromatic carbocycles. The van der Waals surface area contributed by atoms with Crippen molar-refractivity contribution in [2.24, 2.45) is 5.92 Å². The molecule has 6 heteroatoms. The van der Waals surface area contributed by atoms with Gasteiger partial charge in [0.2, 0.25) is 0 Å². The van der Waals surface area contributed by atoms with E-state index >= 15 is 0 Å². The molecule has 0 bridgehead atoms. The number of carbonyl (C=O) groups is 1. The number of hydrogen-bond acceptors (Lipinski definition) is 4. The smallest absolute Gasteiger partial charge is 0.253 e. The predicted molar refractivity (Wildman–Crippen MR) is 98.8 cm³/mol. The molecule has 3 N–H and O–H groups in total. The van der Waals surface area contributed by atoms with Crippen molar-refractivity contribution in [1.82, 2.24) is 20.3 Å². The zero-order valence-electron chi connectivity index (χ0n) is 14.6. The number of para-hydroxylation sites is 1. The highest BCUT2D eigenvalue weighted by atomic mass is 16.3. The van der Waals surface area contributed by atoms with E-state index in [9.17, 15) is 9.90 Å². The number of nitrogens with zero attached hydrogens (tertiary/aromatic N) is 2. The first-order chi connectivity index (χ1) is 12.6. The monoisotopic (exact) mass is 350 g/mol. The first-order valence-electron chi connectivity index (χ1n) is 8.94. The molecule has 1 fully saturated rings. The summed E-state index contributed by atoms with van der Waals surface area (Å²) in [5, 5.41) is 12.8. The summed E-state index contributed by atoms with van der Waals surface area (Å²) in [4.78, 5) is 24.9. The van der Waals surface area contributed by atoms with Crippen molar-refractivity contribution < 1.29 is 9.90 Å². The minimum absolute atomic E-state index is 0.0592. The lowest BCUT2D eigenvalue weighted by Crippen LogP contribution is -2.48. The summed E-state index contributed by atoms with van der Waals surface area (Å²) < 4.78 is 0. The molecular formula is C20H22N4O2. The SMILES string of the molecule is Cc1nc2c(C(=O)N[C@H](Cc3ccccn3)C3CC(O)C3)cccc2[nH]1. The van der Waals surface area contributed by atoms with E-state index < -0.39 is 0 Å². The predicted octanol–water partition coefficient (Wildman–Crippen LogP) is 2.38. The zero-order valence-corrected chi connectivity index (χ0v) is 14.6. The van der Waals surface area contributed by atoms with Crippen molar-refractivity contribution in [3.8, 4) is 0 Å². The van der Waals surface area contributed by atoms with Crippen LogP contribution in [0.3, 0.4) is 0 Å². The third-order valence-electron chi connectivity index (χ3n) is 5.07. The van der Waals surface area contributed by atoms with Gasteiger partial charge >= 0.3 is 0 Å². The summed E-state index contributed by atoms with van der Waals surface area (Å²) in [5.41, 5.74) is 3.05. The van der Waals surface area contributed by atoms with Gasteiger partial charge in [-0.15, -0.1) is 0 Å². The average molecular weight is 350 g/mol. The first kappa shape index (κ1) is 16.7. The molecule has 1 saturated carbocycles. The van der Waals surface area contributed by atoms with Crippen LogP contribution in [0.15, 0.2) is 42.6 Å². The number of aliphatic hydroxyl groups is 1. The second-order valence-electron chi connectivity index (χ2n) is 7.01. The van der Waals surface area contributed by atoms with Crippen LogP contribution >= 0.6 is 0 Å². The maximum absolute atomic E-state index is 12.9. The Kier molecular flexibility index (Phi) is 4.42. The van der Waals surface area contributed by atoms with Crippen LogP contribution < -0.4 is 5.32 Å². The zero-order chi connectivity index (χ0) is 18.1. The third-order valence-corrected chi connectivity index (χ3v) is 5.07. The Morgan fingerprint density at radius 2 is 2.15 bits per heavy atom. The van der Waals surface area contributed by atoms with Crippen LogP contribution in [-0.4, -0.2) is 38.1 Å². The van der Waals surface area contributed by atoms with E-state index in [0.29, 0.717) is 30.3 Å². The number of fused-ring (bicyclic) bond motifs is 1. The Balaban J connectivity index is 1.57. The molecule has 0 unspecified atom stereocenters. The molecular weight excluding hydrogens is 328 g/mol. The van der Waals surface area contributed by atoms with E-state index in [1.54, 1.807) is 12.3 Å². The van der Waals surface area contributed by atoms with Crippen LogP contribution in [0.25, 0.3) is 11.0 Å². The molecule has 1 amide bonds. The summed E-state index contributed by atoms with van der Waals surface area (Å²) in [5.74, 6) is 0.910. The van der Waals surface area contributed by atoms with E-state index in [1.807, 2.05) is 37.3 Å². The number of aromatic nitrogens is 3. The summed E-state index contributed by atoms with van der Waals surface area (Å²) in [6.45, 7) is 1.88. The van der Waals surface area contributed by atoms with Gasteiger partial charge in [0, 0.05) is 24.4 Å². The summed E-state index contributed by atoms with van der Waals surface area (Å²) in [7, 11) is 0. The molecule has 6 nitrogen and oxygen atoms in total. The number of hydrogen-bond donors (Lipinski definition) is 3. The van der Waals surface area contributed by atoms with E-state index in [0.717, 1.165) is 17.0 Å². The quantitative estimate of drug-likeness (QED) is 0.659. The highest BCUT2D eigenvalue weighted by Crippen LogP contribution is 2.32. The molecule has 1 atom stereocenters. The van der Waals surface area contributed by atoms with Crippen LogP contribution in [-0.2, 0) is 6.42 Å². The lowest BCUT2D eigenvalue weighted by molar-refractivity contribution is 0.0238. The Morgan fingerprint density at radius 3 is 2.88 bits per heavy atom. The molecule has 134 valence electrons. The van der Waals surface area contributed by atoms with Crippen molar-refractivity contribution >= 4 is 16.9 Å². The van der Waals surface area contributed by atoms with Crippen LogP contribution in [0.4, 0.5) is 0 Å². The highest BCUT2D eigenvalue weighted by Gasteiger charge is 2.35. The van der Waals surface area contributed by atoms with Gasteiger partial charge in [-0.2, -0.15) is 0 Å². The number of nitrogens with one attached hydrogen (secondary N) is 2. The van der Waals surface area contributed by atoms with Crippen molar-refractivity contribution in [3.05, 3.63) is 59.7 Å². The number of aliphatic hydroxyl groups excluding tert-OH is 1. The second-order valence-corrected chi connectivity index (χ2v) is 7.01. The molecule has 1 aliphatic carbocycles. The van der Waals surface area contributed by atoms with Gasteiger partial charge in [0.05, 0.1) is 17.2 Å². The molecule has 2 aromatic heterocycles. The van der Waals surface area contributed by atoms with Gasteiger partial charge in [-0.1, -0.05) is 12.1 Å². The standard InChI is InChI=1S/C20H22N4O2/c1-12-22-17-7-4-6-16(19(17)23-12)20(26)24-18(13-9-15(25)10-13)11-14-5-2-3-8-21-14/h2-8,13,15,18,25H,9-11H2,1H3,(H,22,23)(H,24,26)/t13?,15?,18-/m1/s1. The number of carbonyl (C=O) groups excluding carboxylic acids is 1.